The SMILES string of the molecule is C=CC1CCCN(c2nc(C(=O)O)co2)C1. The number of oxazole rings is 1. The fourth-order valence-corrected chi connectivity index (χ4v) is 1.88. The van der Waals surface area contributed by atoms with E-state index in [4.69, 9.17) is 9.52 Å². The summed E-state index contributed by atoms with van der Waals surface area (Å²) in [5, 5.41) is 8.74. The summed E-state index contributed by atoms with van der Waals surface area (Å²) in [6.45, 7) is 5.42. The zero-order valence-electron chi connectivity index (χ0n) is 8.93. The molecule has 0 aliphatic carbocycles. The van der Waals surface area contributed by atoms with Crippen molar-refractivity contribution >= 4 is 12.0 Å². The number of carboxylic acids is 1. The smallest absolute Gasteiger partial charge is 0.357 e. The van der Waals surface area contributed by atoms with Crippen molar-refractivity contribution in [2.24, 2.45) is 5.92 Å². The Morgan fingerprint density at radius 1 is 1.75 bits per heavy atom. The van der Waals surface area contributed by atoms with Crippen LogP contribution in [0, 0.1) is 5.92 Å². The maximum atomic E-state index is 10.7. The number of aromatic nitrogens is 1. The van der Waals surface area contributed by atoms with Crippen LogP contribution in [-0.2, 0) is 0 Å². The average Bonchev–Trinajstić information content (AvgIpc) is 2.78. The summed E-state index contributed by atoms with van der Waals surface area (Å²) in [6, 6.07) is 0.393. The molecule has 0 spiro atoms. The van der Waals surface area contributed by atoms with Crippen molar-refractivity contribution in [1.82, 2.24) is 4.98 Å². The van der Waals surface area contributed by atoms with Gasteiger partial charge in [0.15, 0.2) is 5.69 Å². The molecule has 0 radical (unpaired) electrons. The molecule has 0 saturated carbocycles. The van der Waals surface area contributed by atoms with E-state index in [2.05, 4.69) is 11.6 Å². The van der Waals surface area contributed by atoms with Gasteiger partial charge in [0.2, 0.25) is 0 Å². The van der Waals surface area contributed by atoms with Gasteiger partial charge in [0.25, 0.3) is 6.01 Å². The Morgan fingerprint density at radius 3 is 3.19 bits per heavy atom. The summed E-state index contributed by atoms with van der Waals surface area (Å²) in [5.41, 5.74) is -0.0456. The first-order chi connectivity index (χ1) is 7.70. The van der Waals surface area contributed by atoms with Gasteiger partial charge in [0.1, 0.15) is 6.26 Å². The third kappa shape index (κ3) is 2.08. The first-order valence-corrected chi connectivity index (χ1v) is 5.27. The van der Waals surface area contributed by atoms with Gasteiger partial charge in [-0.05, 0) is 18.8 Å². The number of rotatable bonds is 3. The molecule has 1 aliphatic heterocycles. The topological polar surface area (TPSA) is 66.6 Å². The lowest BCUT2D eigenvalue weighted by Crippen LogP contribution is -2.34. The van der Waals surface area contributed by atoms with Crippen LogP contribution in [0.4, 0.5) is 6.01 Å². The number of nitrogens with zero attached hydrogens (tertiary/aromatic N) is 2. The van der Waals surface area contributed by atoms with Crippen LogP contribution < -0.4 is 4.90 Å². The predicted octanol–water partition coefficient (Wildman–Crippen LogP) is 1.78. The van der Waals surface area contributed by atoms with Crippen LogP contribution in [0.3, 0.4) is 0 Å². The first-order valence-electron chi connectivity index (χ1n) is 5.27. The summed E-state index contributed by atoms with van der Waals surface area (Å²) in [6.07, 6.45) is 5.26. The summed E-state index contributed by atoms with van der Waals surface area (Å²) in [5.74, 6) is -0.638. The Hall–Kier alpha value is -1.78. The summed E-state index contributed by atoms with van der Waals surface area (Å²) in [7, 11) is 0. The zero-order valence-corrected chi connectivity index (χ0v) is 8.93. The van der Waals surface area contributed by atoms with Crippen molar-refractivity contribution in [3.05, 3.63) is 24.6 Å². The summed E-state index contributed by atoms with van der Waals surface area (Å²) < 4.78 is 5.16. The van der Waals surface area contributed by atoms with Crippen LogP contribution in [0.1, 0.15) is 23.3 Å². The standard InChI is InChI=1S/C11H14N2O3/c1-2-8-4-3-5-13(6-8)11-12-9(7-16-11)10(14)15/h2,7-8H,1,3-6H2,(H,14,15). The molecule has 1 saturated heterocycles. The fourth-order valence-electron chi connectivity index (χ4n) is 1.88. The number of aromatic carboxylic acids is 1. The minimum atomic E-state index is -1.06. The Kier molecular flexibility index (Phi) is 2.94. The molecule has 1 fully saturated rings. The molecule has 1 aromatic heterocycles. The van der Waals surface area contributed by atoms with Crippen molar-refractivity contribution < 1.29 is 14.3 Å². The molecule has 1 N–H and O–H groups in total. The molecule has 1 atom stereocenters. The second-order valence-corrected chi connectivity index (χ2v) is 3.90. The maximum absolute atomic E-state index is 10.7. The van der Waals surface area contributed by atoms with E-state index in [1.807, 2.05) is 11.0 Å². The van der Waals surface area contributed by atoms with E-state index in [1.165, 1.54) is 6.26 Å². The van der Waals surface area contributed by atoms with Gasteiger partial charge in [0, 0.05) is 13.1 Å². The van der Waals surface area contributed by atoms with Crippen molar-refractivity contribution in [3.63, 3.8) is 0 Å². The Bertz CT molecular complexity index is 400. The third-order valence-electron chi connectivity index (χ3n) is 2.77. The molecule has 5 heteroatoms. The monoisotopic (exact) mass is 222 g/mol. The molecule has 0 bridgehead atoms. The molecule has 0 aromatic carbocycles. The van der Waals surface area contributed by atoms with Crippen molar-refractivity contribution in [2.75, 3.05) is 18.0 Å². The van der Waals surface area contributed by atoms with Gasteiger partial charge in [-0.15, -0.1) is 6.58 Å². The highest BCUT2D eigenvalue weighted by Crippen LogP contribution is 2.22. The molecule has 16 heavy (non-hydrogen) atoms. The molecular formula is C11H14N2O3. The van der Waals surface area contributed by atoms with Crippen LogP contribution in [0.2, 0.25) is 0 Å². The normalized spacial score (nSPS) is 20.8. The molecule has 1 aromatic rings. The predicted molar refractivity (Wildman–Crippen MR) is 58.6 cm³/mol. The van der Waals surface area contributed by atoms with Crippen LogP contribution in [0.15, 0.2) is 23.3 Å². The molecule has 5 nitrogen and oxygen atoms in total. The fraction of sp³-hybridized carbons (Fsp3) is 0.455. The van der Waals surface area contributed by atoms with E-state index < -0.39 is 5.97 Å². The Morgan fingerprint density at radius 2 is 2.56 bits per heavy atom. The number of anilines is 1. The average molecular weight is 222 g/mol. The first kappa shape index (κ1) is 10.7. The number of carbonyl (C=O) groups is 1. The van der Waals surface area contributed by atoms with E-state index in [9.17, 15) is 4.79 Å². The van der Waals surface area contributed by atoms with Crippen molar-refractivity contribution in [2.45, 2.75) is 12.8 Å². The van der Waals surface area contributed by atoms with Crippen LogP contribution in [0.5, 0.6) is 0 Å². The number of hydrogen-bond donors (Lipinski definition) is 1. The number of carboxylic acid groups (broad SMARTS) is 1. The van der Waals surface area contributed by atoms with Gasteiger partial charge < -0.3 is 14.4 Å². The molecule has 86 valence electrons. The highest BCUT2D eigenvalue weighted by molar-refractivity contribution is 5.85. The number of piperidine rings is 1. The highest BCUT2D eigenvalue weighted by atomic mass is 16.4. The molecule has 1 unspecified atom stereocenters. The minimum Gasteiger partial charge on any atom is -0.476 e. The summed E-state index contributed by atoms with van der Waals surface area (Å²) in [4.78, 5) is 16.5. The largest absolute Gasteiger partial charge is 0.476 e. The van der Waals surface area contributed by atoms with Gasteiger partial charge in [-0.3, -0.25) is 0 Å². The van der Waals surface area contributed by atoms with Gasteiger partial charge >= 0.3 is 5.97 Å². The van der Waals surface area contributed by atoms with Gasteiger partial charge in [-0.2, -0.15) is 4.98 Å². The zero-order chi connectivity index (χ0) is 11.5. The summed E-state index contributed by atoms with van der Waals surface area (Å²) >= 11 is 0. The highest BCUT2D eigenvalue weighted by Gasteiger charge is 2.22. The quantitative estimate of drug-likeness (QED) is 0.789. The maximum Gasteiger partial charge on any atom is 0.357 e. The van der Waals surface area contributed by atoms with Gasteiger partial charge in [-0.1, -0.05) is 6.08 Å². The van der Waals surface area contributed by atoms with Gasteiger partial charge in [0.05, 0.1) is 0 Å². The Labute approximate surface area is 93.4 Å². The number of hydrogen-bond acceptors (Lipinski definition) is 4. The van der Waals surface area contributed by atoms with E-state index in [0.29, 0.717) is 11.9 Å². The second kappa shape index (κ2) is 4.38. The van der Waals surface area contributed by atoms with E-state index >= 15 is 0 Å². The van der Waals surface area contributed by atoms with E-state index in [0.717, 1.165) is 25.9 Å². The molecular weight excluding hydrogens is 208 g/mol. The van der Waals surface area contributed by atoms with E-state index in [-0.39, 0.29) is 5.69 Å². The molecule has 0 amide bonds. The lowest BCUT2D eigenvalue weighted by atomic mass is 9.99. The minimum absolute atomic E-state index is 0.0456. The van der Waals surface area contributed by atoms with Gasteiger partial charge in [-0.25, -0.2) is 4.79 Å². The Balaban J connectivity index is 2.10. The molecule has 2 heterocycles. The van der Waals surface area contributed by atoms with Crippen molar-refractivity contribution in [1.29, 1.82) is 0 Å². The third-order valence-corrected chi connectivity index (χ3v) is 2.77. The second-order valence-electron chi connectivity index (χ2n) is 3.90. The lowest BCUT2D eigenvalue weighted by molar-refractivity contribution is 0.0690. The van der Waals surface area contributed by atoms with Crippen LogP contribution in [-0.4, -0.2) is 29.1 Å². The lowest BCUT2D eigenvalue weighted by Gasteiger charge is -2.29. The van der Waals surface area contributed by atoms with Crippen LogP contribution in [0.25, 0.3) is 0 Å². The molecule has 2 rings (SSSR count). The van der Waals surface area contributed by atoms with Crippen LogP contribution >= 0.6 is 0 Å². The van der Waals surface area contributed by atoms with E-state index in [1.54, 1.807) is 0 Å². The van der Waals surface area contributed by atoms with Crippen molar-refractivity contribution in [3.8, 4) is 0 Å². The molecule has 1 aliphatic rings.